The van der Waals surface area contributed by atoms with Gasteiger partial charge in [-0.25, -0.2) is 0 Å². The molecule has 0 spiro atoms. The number of anilines is 2. The molecule has 0 saturated carbocycles. The van der Waals surface area contributed by atoms with E-state index in [9.17, 15) is 9.59 Å². The number of rotatable bonds is 9. The molecule has 0 aliphatic rings. The van der Waals surface area contributed by atoms with Crippen LogP contribution in [0, 0.1) is 6.92 Å². The minimum absolute atomic E-state index is 0.0143. The first-order valence-electron chi connectivity index (χ1n) is 11.2. The molecule has 1 N–H and O–H groups in total. The standard InChI is InChI=1S/C28H26ClN3O2/c1-20-25(29)13-8-14-26(20)30-28-31-27(34)23(19-32(28)18-22-11-6-3-7-12-22)17-24(33)16-15-21-9-4-2-5-10-21/h2-14,19H,15-18H2,1H3,(H,30,31,34). The maximum absolute atomic E-state index is 12.9. The van der Waals surface area contributed by atoms with Crippen LogP contribution in [0.3, 0.4) is 0 Å². The van der Waals surface area contributed by atoms with Gasteiger partial charge in [-0.2, -0.15) is 4.98 Å². The predicted octanol–water partition coefficient (Wildman–Crippen LogP) is 5.74. The number of ketones is 1. The van der Waals surface area contributed by atoms with E-state index in [0.29, 0.717) is 35.9 Å². The molecule has 0 radical (unpaired) electrons. The Hall–Kier alpha value is -3.70. The molecule has 6 heteroatoms. The summed E-state index contributed by atoms with van der Waals surface area (Å²) in [5.74, 6) is 0.417. The Morgan fingerprint density at radius 3 is 2.32 bits per heavy atom. The van der Waals surface area contributed by atoms with Crippen LogP contribution < -0.4 is 10.9 Å². The van der Waals surface area contributed by atoms with Gasteiger partial charge in [-0.15, -0.1) is 0 Å². The minimum atomic E-state index is -0.403. The first-order valence-corrected chi connectivity index (χ1v) is 11.6. The molecule has 0 atom stereocenters. The van der Waals surface area contributed by atoms with Gasteiger partial charge in [0.1, 0.15) is 5.78 Å². The summed E-state index contributed by atoms with van der Waals surface area (Å²) in [5.41, 5.74) is 3.78. The molecule has 34 heavy (non-hydrogen) atoms. The summed E-state index contributed by atoms with van der Waals surface area (Å²) in [6.07, 6.45) is 2.83. The van der Waals surface area contributed by atoms with E-state index < -0.39 is 5.56 Å². The molecular weight excluding hydrogens is 446 g/mol. The fourth-order valence-corrected chi connectivity index (χ4v) is 3.93. The number of nitrogens with one attached hydrogen (secondary N) is 1. The first kappa shape index (κ1) is 23.5. The van der Waals surface area contributed by atoms with Crippen molar-refractivity contribution in [1.29, 1.82) is 0 Å². The summed E-state index contributed by atoms with van der Waals surface area (Å²) < 4.78 is 1.87. The first-order chi connectivity index (χ1) is 16.5. The molecule has 4 rings (SSSR count). The van der Waals surface area contributed by atoms with Gasteiger partial charge in [0.05, 0.1) is 6.54 Å². The number of aromatic nitrogens is 2. The molecule has 0 fully saturated rings. The average molecular weight is 472 g/mol. The fraction of sp³-hybridized carbons (Fsp3) is 0.179. The highest BCUT2D eigenvalue weighted by Gasteiger charge is 2.14. The van der Waals surface area contributed by atoms with Crippen LogP contribution in [-0.2, 0) is 24.2 Å². The number of nitrogens with zero attached hydrogens (tertiary/aromatic N) is 2. The van der Waals surface area contributed by atoms with Crippen LogP contribution in [0.4, 0.5) is 11.6 Å². The molecule has 5 nitrogen and oxygen atoms in total. The quantitative estimate of drug-likeness (QED) is 0.338. The van der Waals surface area contributed by atoms with E-state index in [2.05, 4.69) is 10.3 Å². The molecular formula is C28H26ClN3O2. The van der Waals surface area contributed by atoms with Crippen LogP contribution in [0.15, 0.2) is 89.9 Å². The zero-order valence-electron chi connectivity index (χ0n) is 19.0. The highest BCUT2D eigenvalue weighted by atomic mass is 35.5. The topological polar surface area (TPSA) is 64.0 Å². The smallest absolute Gasteiger partial charge is 0.278 e. The van der Waals surface area contributed by atoms with Crippen LogP contribution in [0.25, 0.3) is 0 Å². The third kappa shape index (κ3) is 6.00. The van der Waals surface area contributed by atoms with Crippen LogP contribution >= 0.6 is 11.6 Å². The van der Waals surface area contributed by atoms with Gasteiger partial charge in [0.25, 0.3) is 5.56 Å². The largest absolute Gasteiger partial charge is 0.325 e. The van der Waals surface area contributed by atoms with E-state index in [1.807, 2.05) is 90.4 Å². The number of hydrogen-bond donors (Lipinski definition) is 1. The molecule has 0 bridgehead atoms. The molecule has 4 aromatic rings. The molecule has 1 heterocycles. The summed E-state index contributed by atoms with van der Waals surface area (Å²) in [7, 11) is 0. The van der Waals surface area contributed by atoms with Crippen molar-refractivity contribution < 1.29 is 4.79 Å². The van der Waals surface area contributed by atoms with Crippen LogP contribution in [-0.4, -0.2) is 15.3 Å². The van der Waals surface area contributed by atoms with Gasteiger partial charge in [0, 0.05) is 35.3 Å². The molecule has 0 aliphatic heterocycles. The van der Waals surface area contributed by atoms with Crippen molar-refractivity contribution in [3.63, 3.8) is 0 Å². The Bertz CT molecular complexity index is 1340. The highest BCUT2D eigenvalue weighted by Crippen LogP contribution is 2.25. The van der Waals surface area contributed by atoms with Gasteiger partial charge < -0.3 is 9.88 Å². The van der Waals surface area contributed by atoms with Crippen molar-refractivity contribution in [1.82, 2.24) is 9.55 Å². The van der Waals surface area contributed by atoms with Crippen LogP contribution in [0.5, 0.6) is 0 Å². The SMILES string of the molecule is Cc1c(Cl)cccc1Nc1nc(=O)c(CC(=O)CCc2ccccc2)cn1Cc1ccccc1. The Morgan fingerprint density at radius 2 is 1.62 bits per heavy atom. The molecule has 0 aliphatic carbocycles. The maximum atomic E-state index is 12.9. The lowest BCUT2D eigenvalue weighted by atomic mass is 10.0. The average Bonchev–Trinajstić information content (AvgIpc) is 2.85. The molecule has 1 aromatic heterocycles. The molecule has 0 saturated heterocycles. The van der Waals surface area contributed by atoms with Crippen LogP contribution in [0.1, 0.15) is 28.7 Å². The molecule has 0 unspecified atom stereocenters. The lowest BCUT2D eigenvalue weighted by Crippen LogP contribution is -2.23. The van der Waals surface area contributed by atoms with E-state index in [1.54, 1.807) is 6.20 Å². The number of benzene rings is 3. The minimum Gasteiger partial charge on any atom is -0.325 e. The summed E-state index contributed by atoms with van der Waals surface area (Å²) in [6.45, 7) is 2.41. The van der Waals surface area contributed by atoms with E-state index in [-0.39, 0.29) is 12.2 Å². The second kappa shape index (κ2) is 10.9. The summed E-state index contributed by atoms with van der Waals surface area (Å²) in [5, 5.41) is 3.88. The number of aryl methyl sites for hydroxylation is 1. The summed E-state index contributed by atoms with van der Waals surface area (Å²) in [6, 6.07) is 25.3. The highest BCUT2D eigenvalue weighted by molar-refractivity contribution is 6.31. The number of Topliss-reactive ketones (excluding diaryl/α,β-unsaturated/α-hetero) is 1. The maximum Gasteiger partial charge on any atom is 0.278 e. The van der Waals surface area contributed by atoms with Crippen molar-refractivity contribution in [2.75, 3.05) is 5.32 Å². The Labute approximate surface area is 204 Å². The van der Waals surface area contributed by atoms with Crippen molar-refractivity contribution in [2.45, 2.75) is 32.7 Å². The predicted molar refractivity (Wildman–Crippen MR) is 137 cm³/mol. The van der Waals surface area contributed by atoms with E-state index in [1.165, 1.54) is 0 Å². The molecule has 3 aromatic carbocycles. The van der Waals surface area contributed by atoms with Gasteiger partial charge >= 0.3 is 0 Å². The van der Waals surface area contributed by atoms with Gasteiger partial charge in [-0.3, -0.25) is 9.59 Å². The number of carbonyl (C=O) groups is 1. The van der Waals surface area contributed by atoms with Crippen molar-refractivity contribution >= 4 is 29.0 Å². The van der Waals surface area contributed by atoms with E-state index >= 15 is 0 Å². The second-order valence-electron chi connectivity index (χ2n) is 8.25. The lowest BCUT2D eigenvalue weighted by molar-refractivity contribution is -0.118. The van der Waals surface area contributed by atoms with Gasteiger partial charge in [0.15, 0.2) is 0 Å². The lowest BCUT2D eigenvalue weighted by Gasteiger charge is -2.17. The summed E-state index contributed by atoms with van der Waals surface area (Å²) >= 11 is 6.27. The monoisotopic (exact) mass is 471 g/mol. The Kier molecular flexibility index (Phi) is 7.55. The zero-order valence-corrected chi connectivity index (χ0v) is 19.8. The van der Waals surface area contributed by atoms with Crippen LogP contribution in [0.2, 0.25) is 5.02 Å². The fourth-order valence-electron chi connectivity index (χ4n) is 3.75. The number of halogens is 1. The Balaban J connectivity index is 1.60. The third-order valence-electron chi connectivity index (χ3n) is 5.70. The zero-order chi connectivity index (χ0) is 23.9. The van der Waals surface area contributed by atoms with Gasteiger partial charge in [-0.05, 0) is 42.2 Å². The van der Waals surface area contributed by atoms with Crippen molar-refractivity contribution in [3.05, 3.63) is 123 Å². The third-order valence-corrected chi connectivity index (χ3v) is 6.11. The molecule has 172 valence electrons. The van der Waals surface area contributed by atoms with Gasteiger partial charge in [-0.1, -0.05) is 78.3 Å². The van der Waals surface area contributed by atoms with Gasteiger partial charge in [0.2, 0.25) is 5.95 Å². The number of carbonyl (C=O) groups excluding carboxylic acids is 1. The van der Waals surface area contributed by atoms with Crippen molar-refractivity contribution in [3.8, 4) is 0 Å². The summed E-state index contributed by atoms with van der Waals surface area (Å²) in [4.78, 5) is 29.8. The normalized spacial score (nSPS) is 10.8. The number of hydrogen-bond acceptors (Lipinski definition) is 4. The second-order valence-corrected chi connectivity index (χ2v) is 8.65. The van der Waals surface area contributed by atoms with E-state index in [4.69, 9.17) is 11.6 Å². The Morgan fingerprint density at radius 1 is 0.941 bits per heavy atom. The van der Waals surface area contributed by atoms with E-state index in [0.717, 1.165) is 22.4 Å². The van der Waals surface area contributed by atoms with Crippen molar-refractivity contribution in [2.24, 2.45) is 0 Å². The molecule has 0 amide bonds.